The molecule has 0 bridgehead atoms. The molecule has 1 amide bonds. The first-order valence-corrected chi connectivity index (χ1v) is 10.5. The lowest BCUT2D eigenvalue weighted by molar-refractivity contribution is -0.118. The molecule has 1 heterocycles. The fourth-order valence-corrected chi connectivity index (χ4v) is 4.43. The van der Waals surface area contributed by atoms with Crippen LogP contribution in [0.4, 0.5) is 5.13 Å². The summed E-state index contributed by atoms with van der Waals surface area (Å²) in [6, 6.07) is 12.9. The van der Waals surface area contributed by atoms with E-state index in [9.17, 15) is 4.79 Å². The predicted octanol–water partition coefficient (Wildman–Crippen LogP) is 5.46. The molecule has 0 unspecified atom stereocenters. The van der Waals surface area contributed by atoms with Crippen molar-refractivity contribution in [2.75, 3.05) is 11.9 Å². The first-order chi connectivity index (χ1) is 13.0. The van der Waals surface area contributed by atoms with Gasteiger partial charge in [0.05, 0.1) is 0 Å². The van der Waals surface area contributed by atoms with Crippen molar-refractivity contribution < 1.29 is 9.53 Å². The van der Waals surface area contributed by atoms with Crippen molar-refractivity contribution in [3.63, 3.8) is 0 Å². The molecule has 1 aromatic heterocycles. The predicted molar refractivity (Wildman–Crippen MR) is 111 cm³/mol. The van der Waals surface area contributed by atoms with Crippen LogP contribution in [0.5, 0.6) is 5.75 Å². The Hall–Kier alpha value is -1.80. The van der Waals surface area contributed by atoms with Crippen molar-refractivity contribution in [2.45, 2.75) is 17.0 Å². The topological polar surface area (TPSA) is 64.1 Å². The van der Waals surface area contributed by atoms with E-state index in [1.165, 1.54) is 23.1 Å². The van der Waals surface area contributed by atoms with Crippen LogP contribution in [0.3, 0.4) is 0 Å². The number of nitrogens with one attached hydrogen (secondary N) is 1. The number of rotatable bonds is 7. The number of halogens is 2. The minimum absolute atomic E-state index is 0.121. The molecule has 0 aliphatic rings. The van der Waals surface area contributed by atoms with Gasteiger partial charge in [-0.3, -0.25) is 10.1 Å². The molecule has 9 heteroatoms. The number of anilines is 1. The number of nitrogens with zero attached hydrogens (tertiary/aromatic N) is 2. The van der Waals surface area contributed by atoms with Gasteiger partial charge in [0.15, 0.2) is 10.9 Å². The van der Waals surface area contributed by atoms with Gasteiger partial charge < -0.3 is 4.74 Å². The number of hydrogen-bond donors (Lipinski definition) is 1. The number of ether oxygens (including phenoxy) is 1. The molecule has 0 aliphatic carbocycles. The lowest BCUT2D eigenvalue weighted by Crippen LogP contribution is -2.20. The van der Waals surface area contributed by atoms with Gasteiger partial charge in [-0.25, -0.2) is 0 Å². The molecule has 5 nitrogen and oxygen atoms in total. The van der Waals surface area contributed by atoms with Crippen molar-refractivity contribution >= 4 is 57.3 Å². The van der Waals surface area contributed by atoms with Crippen LogP contribution in [0.15, 0.2) is 46.8 Å². The summed E-state index contributed by atoms with van der Waals surface area (Å²) >= 11 is 14.9. The third kappa shape index (κ3) is 5.84. The maximum atomic E-state index is 12.0. The standard InChI is InChI=1S/C18H15Cl2N3O2S2/c1-11-8-13(19)6-7-15(11)25-9-16(24)21-17-22-23-18(27-17)26-10-12-4-2-3-5-14(12)20/h2-8H,9-10H2,1H3,(H,21,22,24). The average Bonchev–Trinajstić information content (AvgIpc) is 3.07. The Morgan fingerprint density at radius 2 is 2.04 bits per heavy atom. The Morgan fingerprint density at radius 3 is 2.81 bits per heavy atom. The van der Waals surface area contributed by atoms with Gasteiger partial charge in [-0.15, -0.1) is 10.2 Å². The van der Waals surface area contributed by atoms with E-state index in [4.69, 9.17) is 27.9 Å². The molecular formula is C18H15Cl2N3O2S2. The average molecular weight is 440 g/mol. The highest BCUT2D eigenvalue weighted by atomic mass is 35.5. The first kappa shape index (κ1) is 19.9. The minimum Gasteiger partial charge on any atom is -0.483 e. The molecule has 3 rings (SSSR count). The number of aromatic nitrogens is 2. The Labute approximate surface area is 175 Å². The molecule has 0 atom stereocenters. The van der Waals surface area contributed by atoms with E-state index in [-0.39, 0.29) is 12.5 Å². The number of hydrogen-bond acceptors (Lipinski definition) is 6. The second-order valence-electron chi connectivity index (χ2n) is 5.50. The number of thioether (sulfide) groups is 1. The largest absolute Gasteiger partial charge is 0.483 e. The van der Waals surface area contributed by atoms with E-state index in [0.29, 0.717) is 21.7 Å². The molecule has 27 heavy (non-hydrogen) atoms. The van der Waals surface area contributed by atoms with Crippen LogP contribution in [0.1, 0.15) is 11.1 Å². The van der Waals surface area contributed by atoms with Crippen LogP contribution in [0, 0.1) is 6.92 Å². The van der Waals surface area contributed by atoms with Crippen LogP contribution in [-0.2, 0) is 10.5 Å². The first-order valence-electron chi connectivity index (χ1n) is 7.90. The Bertz CT molecular complexity index is 950. The minimum atomic E-state index is -0.303. The Morgan fingerprint density at radius 1 is 1.22 bits per heavy atom. The van der Waals surface area contributed by atoms with Crippen LogP contribution in [0.2, 0.25) is 10.0 Å². The lowest BCUT2D eigenvalue weighted by atomic mass is 10.2. The van der Waals surface area contributed by atoms with Crippen molar-refractivity contribution in [3.8, 4) is 5.75 Å². The summed E-state index contributed by atoms with van der Waals surface area (Å²) < 4.78 is 6.27. The highest BCUT2D eigenvalue weighted by Crippen LogP contribution is 2.30. The molecule has 0 fully saturated rings. The van der Waals surface area contributed by atoms with Gasteiger partial charge in [-0.05, 0) is 42.3 Å². The SMILES string of the molecule is Cc1cc(Cl)ccc1OCC(=O)Nc1nnc(SCc2ccccc2Cl)s1. The Balaban J connectivity index is 1.49. The van der Waals surface area contributed by atoms with Gasteiger partial charge in [-0.1, -0.05) is 64.5 Å². The van der Waals surface area contributed by atoms with E-state index >= 15 is 0 Å². The van der Waals surface area contributed by atoms with Crippen LogP contribution >= 0.6 is 46.3 Å². The molecular weight excluding hydrogens is 425 g/mol. The van der Waals surface area contributed by atoms with Crippen molar-refractivity contribution in [3.05, 3.63) is 63.6 Å². The quantitative estimate of drug-likeness (QED) is 0.390. The van der Waals surface area contributed by atoms with Crippen LogP contribution in [0.25, 0.3) is 0 Å². The second-order valence-corrected chi connectivity index (χ2v) is 8.54. The zero-order valence-electron chi connectivity index (χ0n) is 14.2. The van der Waals surface area contributed by atoms with Crippen molar-refractivity contribution in [1.29, 1.82) is 0 Å². The number of carbonyl (C=O) groups is 1. The summed E-state index contributed by atoms with van der Waals surface area (Å²) in [7, 11) is 0. The zero-order chi connectivity index (χ0) is 19.2. The summed E-state index contributed by atoms with van der Waals surface area (Å²) in [6.07, 6.45) is 0. The smallest absolute Gasteiger partial charge is 0.264 e. The lowest BCUT2D eigenvalue weighted by Gasteiger charge is -2.08. The second kappa shape index (κ2) is 9.41. The Kier molecular flexibility index (Phi) is 6.95. The fourth-order valence-electron chi connectivity index (χ4n) is 2.15. The molecule has 0 saturated carbocycles. The summed E-state index contributed by atoms with van der Waals surface area (Å²) in [5.41, 5.74) is 1.89. The molecule has 3 aromatic rings. The number of amides is 1. The van der Waals surface area contributed by atoms with Crippen LogP contribution < -0.4 is 10.1 Å². The maximum Gasteiger partial charge on any atom is 0.264 e. The molecule has 0 aliphatic heterocycles. The van der Waals surface area contributed by atoms with Crippen LogP contribution in [-0.4, -0.2) is 22.7 Å². The number of benzene rings is 2. The number of carbonyl (C=O) groups excluding carboxylic acids is 1. The third-order valence-electron chi connectivity index (χ3n) is 3.46. The van der Waals surface area contributed by atoms with Crippen molar-refractivity contribution in [2.24, 2.45) is 0 Å². The van der Waals surface area contributed by atoms with Crippen molar-refractivity contribution in [1.82, 2.24) is 10.2 Å². The highest BCUT2D eigenvalue weighted by Gasteiger charge is 2.11. The van der Waals surface area contributed by atoms with Gasteiger partial charge >= 0.3 is 0 Å². The van der Waals surface area contributed by atoms with Gasteiger partial charge in [0.25, 0.3) is 5.91 Å². The molecule has 1 N–H and O–H groups in total. The summed E-state index contributed by atoms with van der Waals surface area (Å²) in [4.78, 5) is 12.0. The highest BCUT2D eigenvalue weighted by molar-refractivity contribution is 8.00. The van der Waals surface area contributed by atoms with E-state index in [1.54, 1.807) is 18.2 Å². The maximum absolute atomic E-state index is 12.0. The van der Waals surface area contributed by atoms with E-state index in [2.05, 4.69) is 15.5 Å². The normalized spacial score (nSPS) is 10.6. The third-order valence-corrected chi connectivity index (χ3v) is 6.08. The summed E-state index contributed by atoms with van der Waals surface area (Å²) in [5, 5.41) is 12.5. The van der Waals surface area contributed by atoms with Gasteiger partial charge in [0.2, 0.25) is 5.13 Å². The monoisotopic (exact) mass is 439 g/mol. The molecule has 2 aromatic carbocycles. The van der Waals surface area contributed by atoms with E-state index in [0.717, 1.165) is 20.5 Å². The fraction of sp³-hybridized carbons (Fsp3) is 0.167. The van der Waals surface area contributed by atoms with Gasteiger partial charge in [-0.2, -0.15) is 0 Å². The van der Waals surface area contributed by atoms with E-state index in [1.807, 2.05) is 31.2 Å². The van der Waals surface area contributed by atoms with Gasteiger partial charge in [0.1, 0.15) is 5.75 Å². The number of aryl methyl sites for hydroxylation is 1. The molecule has 0 radical (unpaired) electrons. The molecule has 0 saturated heterocycles. The van der Waals surface area contributed by atoms with E-state index < -0.39 is 0 Å². The zero-order valence-corrected chi connectivity index (χ0v) is 17.4. The summed E-state index contributed by atoms with van der Waals surface area (Å²) in [6.45, 7) is 1.75. The molecule has 140 valence electrons. The van der Waals surface area contributed by atoms with Gasteiger partial charge in [0, 0.05) is 15.8 Å². The summed E-state index contributed by atoms with van der Waals surface area (Å²) in [5.74, 6) is 0.993. The molecule has 0 spiro atoms.